The maximum Gasteiger partial charge on any atom is 0.417 e. The van der Waals surface area contributed by atoms with E-state index in [0.29, 0.717) is 16.5 Å². The zero-order valence-corrected chi connectivity index (χ0v) is 19.2. The molecule has 32 heavy (non-hydrogen) atoms. The van der Waals surface area contributed by atoms with Crippen molar-refractivity contribution in [2.24, 2.45) is 0 Å². The maximum atomic E-state index is 13.3. The van der Waals surface area contributed by atoms with Gasteiger partial charge in [0.1, 0.15) is 11.1 Å². The molecule has 0 spiro atoms. The second-order valence-electron chi connectivity index (χ2n) is 6.89. The van der Waals surface area contributed by atoms with Crippen LogP contribution >= 0.6 is 23.1 Å². The van der Waals surface area contributed by atoms with E-state index in [-0.39, 0.29) is 22.4 Å². The number of benzene rings is 1. The van der Waals surface area contributed by atoms with Gasteiger partial charge in [0, 0.05) is 23.8 Å². The van der Waals surface area contributed by atoms with E-state index in [1.807, 2.05) is 31.2 Å². The lowest BCUT2D eigenvalue weighted by Crippen LogP contribution is -2.22. The van der Waals surface area contributed by atoms with Gasteiger partial charge in [0.25, 0.3) is 0 Å². The summed E-state index contributed by atoms with van der Waals surface area (Å²) in [7, 11) is 0. The SMILES string of the molecule is CCc1ccc(N(C(C)=O)c2nc(CSc3nc(C)cc(C(F)(F)F)c3C#N)cs2)cc1. The number of aryl methyl sites for hydroxylation is 2. The smallest absolute Gasteiger partial charge is 0.274 e. The van der Waals surface area contributed by atoms with Crippen LogP contribution < -0.4 is 4.90 Å². The minimum atomic E-state index is -4.64. The van der Waals surface area contributed by atoms with Gasteiger partial charge in [0.15, 0.2) is 5.13 Å². The van der Waals surface area contributed by atoms with Crippen molar-refractivity contribution in [2.75, 3.05) is 4.90 Å². The average molecular weight is 477 g/mol. The number of rotatable bonds is 6. The highest BCUT2D eigenvalue weighted by Crippen LogP contribution is 2.37. The van der Waals surface area contributed by atoms with Crippen LogP contribution in [0.4, 0.5) is 24.0 Å². The van der Waals surface area contributed by atoms with Crippen LogP contribution in [0, 0.1) is 18.3 Å². The summed E-state index contributed by atoms with van der Waals surface area (Å²) in [5, 5.41) is 11.5. The van der Waals surface area contributed by atoms with Gasteiger partial charge in [-0.05, 0) is 37.1 Å². The number of alkyl halides is 3. The van der Waals surface area contributed by atoms with Gasteiger partial charge in [-0.25, -0.2) is 9.97 Å². The highest BCUT2D eigenvalue weighted by atomic mass is 32.2. The largest absolute Gasteiger partial charge is 0.417 e. The van der Waals surface area contributed by atoms with Crippen molar-refractivity contribution in [1.82, 2.24) is 9.97 Å². The van der Waals surface area contributed by atoms with Gasteiger partial charge in [-0.3, -0.25) is 9.69 Å². The number of anilines is 2. The second kappa shape index (κ2) is 9.71. The standard InChI is InChI=1S/C22H19F3N4OS2/c1-4-15-5-7-17(8-6-15)29(14(3)30)21-28-16(12-32-21)11-31-20-18(10-26)19(22(23,24)25)9-13(2)27-20/h5-9,12H,4,11H2,1-3H3. The Bertz CT molecular complexity index is 1170. The summed E-state index contributed by atoms with van der Waals surface area (Å²) in [6.07, 6.45) is -3.76. The van der Waals surface area contributed by atoms with Gasteiger partial charge >= 0.3 is 6.18 Å². The van der Waals surface area contributed by atoms with Gasteiger partial charge in [0.05, 0.1) is 22.5 Å². The van der Waals surface area contributed by atoms with Crippen molar-refractivity contribution in [3.63, 3.8) is 0 Å². The summed E-state index contributed by atoms with van der Waals surface area (Å²) in [6.45, 7) is 4.94. The molecule has 5 nitrogen and oxygen atoms in total. The molecule has 10 heteroatoms. The molecule has 0 saturated heterocycles. The van der Waals surface area contributed by atoms with Gasteiger partial charge in [-0.2, -0.15) is 18.4 Å². The lowest BCUT2D eigenvalue weighted by atomic mass is 10.1. The van der Waals surface area contributed by atoms with Gasteiger partial charge in [-0.1, -0.05) is 30.8 Å². The Kier molecular flexibility index (Phi) is 7.21. The van der Waals surface area contributed by atoms with Crippen molar-refractivity contribution in [3.8, 4) is 6.07 Å². The van der Waals surface area contributed by atoms with Crippen LogP contribution in [-0.4, -0.2) is 15.9 Å². The first-order valence-corrected chi connectivity index (χ1v) is 11.5. The third-order valence-electron chi connectivity index (χ3n) is 4.54. The van der Waals surface area contributed by atoms with E-state index in [2.05, 4.69) is 9.97 Å². The van der Waals surface area contributed by atoms with Crippen LogP contribution in [0.1, 0.15) is 41.9 Å². The van der Waals surface area contributed by atoms with E-state index >= 15 is 0 Å². The lowest BCUT2D eigenvalue weighted by Gasteiger charge is -2.18. The highest BCUT2D eigenvalue weighted by Gasteiger charge is 2.35. The summed E-state index contributed by atoms with van der Waals surface area (Å²) >= 11 is 2.27. The van der Waals surface area contributed by atoms with Crippen LogP contribution in [0.3, 0.4) is 0 Å². The fourth-order valence-electron chi connectivity index (χ4n) is 3.00. The van der Waals surface area contributed by atoms with Crippen LogP contribution in [0.15, 0.2) is 40.7 Å². The number of carbonyl (C=O) groups excluding carboxylic acids is 1. The fraction of sp³-hybridized carbons (Fsp3) is 0.273. The number of nitrogens with zero attached hydrogens (tertiary/aromatic N) is 4. The van der Waals surface area contributed by atoms with E-state index in [0.717, 1.165) is 29.8 Å². The number of thioether (sulfide) groups is 1. The zero-order chi connectivity index (χ0) is 23.5. The zero-order valence-electron chi connectivity index (χ0n) is 17.5. The van der Waals surface area contributed by atoms with Gasteiger partial charge in [0.2, 0.25) is 5.91 Å². The van der Waals surface area contributed by atoms with Crippen LogP contribution in [-0.2, 0) is 23.1 Å². The number of hydrogen-bond donors (Lipinski definition) is 0. The molecule has 1 aromatic carbocycles. The Morgan fingerprint density at radius 2 is 1.94 bits per heavy atom. The third kappa shape index (κ3) is 5.29. The topological polar surface area (TPSA) is 69.9 Å². The summed E-state index contributed by atoms with van der Waals surface area (Å²) in [6, 6.07) is 10.1. The highest BCUT2D eigenvalue weighted by molar-refractivity contribution is 7.98. The Hall–Kier alpha value is -2.90. The van der Waals surface area contributed by atoms with E-state index in [1.165, 1.54) is 30.1 Å². The predicted molar refractivity (Wildman–Crippen MR) is 119 cm³/mol. The minimum Gasteiger partial charge on any atom is -0.274 e. The van der Waals surface area contributed by atoms with Crippen LogP contribution in [0.5, 0.6) is 0 Å². The molecule has 0 radical (unpaired) electrons. The number of aromatic nitrogens is 2. The molecule has 0 atom stereocenters. The average Bonchev–Trinajstić information content (AvgIpc) is 3.20. The van der Waals surface area contributed by atoms with Crippen molar-refractivity contribution < 1.29 is 18.0 Å². The normalized spacial score (nSPS) is 11.3. The summed E-state index contributed by atoms with van der Waals surface area (Å²) in [4.78, 5) is 22.4. The molecule has 0 bridgehead atoms. The fourth-order valence-corrected chi connectivity index (χ4v) is 4.93. The first-order chi connectivity index (χ1) is 15.1. The number of halogens is 3. The molecular formula is C22H19F3N4OS2. The number of pyridine rings is 1. The van der Waals surface area contributed by atoms with Crippen LogP contribution in [0.2, 0.25) is 0 Å². The Balaban J connectivity index is 1.84. The summed E-state index contributed by atoms with van der Waals surface area (Å²) in [5.41, 5.74) is 1.09. The molecule has 0 saturated carbocycles. The van der Waals surface area contributed by atoms with E-state index in [4.69, 9.17) is 0 Å². The second-order valence-corrected chi connectivity index (χ2v) is 8.69. The number of amides is 1. The van der Waals surface area contributed by atoms with Crippen molar-refractivity contribution in [1.29, 1.82) is 5.26 Å². The molecule has 3 aromatic rings. The summed E-state index contributed by atoms with van der Waals surface area (Å²) < 4.78 is 39.9. The molecule has 166 valence electrons. The Labute approximate surface area is 191 Å². The molecule has 1 amide bonds. The molecule has 0 fully saturated rings. The third-order valence-corrected chi connectivity index (χ3v) is 6.42. The number of thiazole rings is 1. The monoisotopic (exact) mass is 476 g/mol. The molecule has 0 aliphatic heterocycles. The van der Waals surface area contributed by atoms with Crippen molar-refractivity contribution in [3.05, 3.63) is 63.8 Å². The van der Waals surface area contributed by atoms with E-state index < -0.39 is 17.3 Å². The molecule has 3 rings (SSSR count). The number of hydrogen-bond acceptors (Lipinski definition) is 6. The van der Waals surface area contributed by atoms with Gasteiger partial charge < -0.3 is 0 Å². The van der Waals surface area contributed by atoms with Crippen molar-refractivity contribution >= 4 is 39.8 Å². The van der Waals surface area contributed by atoms with Gasteiger partial charge in [-0.15, -0.1) is 11.3 Å². The maximum absolute atomic E-state index is 13.3. The molecule has 0 unspecified atom stereocenters. The number of carbonyl (C=O) groups is 1. The molecule has 2 heterocycles. The minimum absolute atomic E-state index is 0.00736. The molecule has 0 aliphatic carbocycles. The molecular weight excluding hydrogens is 457 g/mol. The Morgan fingerprint density at radius 3 is 2.50 bits per heavy atom. The molecule has 2 aromatic heterocycles. The van der Waals surface area contributed by atoms with E-state index in [1.54, 1.807) is 11.4 Å². The first kappa shape index (κ1) is 23.8. The molecule has 0 N–H and O–H groups in total. The van der Waals surface area contributed by atoms with E-state index in [9.17, 15) is 23.2 Å². The molecule has 0 aliphatic rings. The van der Waals surface area contributed by atoms with Crippen molar-refractivity contribution in [2.45, 2.75) is 44.1 Å². The lowest BCUT2D eigenvalue weighted by molar-refractivity contribution is -0.138. The first-order valence-electron chi connectivity index (χ1n) is 9.59. The predicted octanol–water partition coefficient (Wildman–Crippen LogP) is 6.28. The van der Waals surface area contributed by atoms with Crippen LogP contribution in [0.25, 0.3) is 0 Å². The quantitative estimate of drug-likeness (QED) is 0.392. The Morgan fingerprint density at radius 1 is 1.25 bits per heavy atom. The number of nitriles is 1. The summed E-state index contributed by atoms with van der Waals surface area (Å²) in [5.74, 6) is 0.00384.